The van der Waals surface area contributed by atoms with Crippen LogP contribution in [0.3, 0.4) is 0 Å². The van der Waals surface area contributed by atoms with Gasteiger partial charge < -0.3 is 23.7 Å². The summed E-state index contributed by atoms with van der Waals surface area (Å²) in [5.74, 6) is 0.656. The molecule has 1 aromatic heterocycles. The number of hydrogen-bond donors (Lipinski definition) is 3. The fraction of sp³-hybridized carbons (Fsp3) is 0.158. The van der Waals surface area contributed by atoms with Crippen LogP contribution >= 0.6 is 7.82 Å². The van der Waals surface area contributed by atoms with Gasteiger partial charge in [0.05, 0.1) is 32.4 Å². The zero-order valence-electron chi connectivity index (χ0n) is 16.3. The largest absolute Gasteiger partial charge is 0.527 e. The van der Waals surface area contributed by atoms with Gasteiger partial charge in [-0.05, 0) is 36.4 Å². The monoisotopic (exact) mass is 434 g/mol. The maximum Gasteiger partial charge on any atom is 0.527 e. The van der Waals surface area contributed by atoms with E-state index in [1.807, 2.05) is 0 Å². The SMILES string of the molecule is COc1ccc(/C=C/c2nc3c(C(=O)OP(=O)(O)O)cccc3[nH]2)c(OC)c1OC. The van der Waals surface area contributed by atoms with Crippen molar-refractivity contribution < 1.29 is 37.9 Å². The lowest BCUT2D eigenvalue weighted by Crippen LogP contribution is -2.03. The molecular weight excluding hydrogens is 415 g/mol. The molecule has 10 nitrogen and oxygen atoms in total. The predicted octanol–water partition coefficient (Wildman–Crippen LogP) is 3.01. The Bertz CT molecular complexity index is 1160. The minimum Gasteiger partial charge on any atom is -0.493 e. The highest BCUT2D eigenvalue weighted by Gasteiger charge is 2.24. The lowest BCUT2D eigenvalue weighted by atomic mass is 10.1. The summed E-state index contributed by atoms with van der Waals surface area (Å²) in [6.07, 6.45) is 3.38. The van der Waals surface area contributed by atoms with Gasteiger partial charge in [-0.3, -0.25) is 9.79 Å². The van der Waals surface area contributed by atoms with Crippen molar-refractivity contribution in [2.24, 2.45) is 0 Å². The molecule has 0 fully saturated rings. The molecule has 0 saturated carbocycles. The Balaban J connectivity index is 1.98. The quantitative estimate of drug-likeness (QED) is 0.479. The van der Waals surface area contributed by atoms with E-state index in [0.29, 0.717) is 34.2 Å². The van der Waals surface area contributed by atoms with Gasteiger partial charge >= 0.3 is 13.8 Å². The normalized spacial score (nSPS) is 11.6. The third-order valence-corrected chi connectivity index (χ3v) is 4.51. The van der Waals surface area contributed by atoms with Crippen LogP contribution in [0.5, 0.6) is 17.2 Å². The first-order chi connectivity index (χ1) is 14.3. The second-order valence-corrected chi connectivity index (χ2v) is 7.11. The number of nitrogens with one attached hydrogen (secondary N) is 1. The molecule has 3 aromatic rings. The van der Waals surface area contributed by atoms with Crippen LogP contribution in [0.15, 0.2) is 30.3 Å². The van der Waals surface area contributed by atoms with Crippen molar-refractivity contribution in [1.82, 2.24) is 9.97 Å². The van der Waals surface area contributed by atoms with Gasteiger partial charge in [-0.2, -0.15) is 0 Å². The van der Waals surface area contributed by atoms with Gasteiger partial charge in [0.1, 0.15) is 11.3 Å². The number of hydrogen-bond acceptors (Lipinski definition) is 7. The number of carbonyl (C=O) groups is 1. The highest BCUT2D eigenvalue weighted by atomic mass is 31.2. The Labute approximate surface area is 171 Å². The Morgan fingerprint density at radius 3 is 2.40 bits per heavy atom. The number of aromatic nitrogens is 2. The van der Waals surface area contributed by atoms with Crippen molar-refractivity contribution in [3.05, 3.63) is 47.3 Å². The molecular formula is C19H19N2O8P. The van der Waals surface area contributed by atoms with Crippen LogP contribution in [0.2, 0.25) is 0 Å². The number of ether oxygens (including phenoxy) is 3. The Morgan fingerprint density at radius 1 is 1.03 bits per heavy atom. The first-order valence-electron chi connectivity index (χ1n) is 8.52. The first kappa shape index (κ1) is 21.4. The summed E-state index contributed by atoms with van der Waals surface area (Å²) in [6.45, 7) is 0. The van der Waals surface area contributed by atoms with E-state index >= 15 is 0 Å². The van der Waals surface area contributed by atoms with E-state index in [-0.39, 0.29) is 11.1 Å². The van der Waals surface area contributed by atoms with Crippen LogP contribution in [0.1, 0.15) is 21.7 Å². The van der Waals surface area contributed by atoms with Crippen molar-refractivity contribution in [2.45, 2.75) is 0 Å². The number of H-pyrrole nitrogens is 1. The Kier molecular flexibility index (Phi) is 6.12. The van der Waals surface area contributed by atoms with Crippen molar-refractivity contribution >= 4 is 37.0 Å². The van der Waals surface area contributed by atoms with E-state index in [2.05, 4.69) is 14.5 Å². The van der Waals surface area contributed by atoms with E-state index in [9.17, 15) is 9.36 Å². The van der Waals surface area contributed by atoms with Gasteiger partial charge in [-0.25, -0.2) is 14.3 Å². The summed E-state index contributed by atoms with van der Waals surface area (Å²) in [5, 5.41) is 0. The molecule has 0 spiro atoms. The molecule has 0 aliphatic heterocycles. The molecule has 158 valence electrons. The van der Waals surface area contributed by atoms with Crippen molar-refractivity contribution in [3.8, 4) is 17.2 Å². The second-order valence-electron chi connectivity index (χ2n) is 5.95. The number of fused-ring (bicyclic) bond motifs is 1. The Hall–Kier alpha value is -3.33. The lowest BCUT2D eigenvalue weighted by Gasteiger charge is -2.13. The van der Waals surface area contributed by atoms with Crippen LogP contribution in [0.4, 0.5) is 0 Å². The summed E-state index contributed by atoms with van der Waals surface area (Å²) in [6, 6.07) is 8.09. The molecule has 0 radical (unpaired) electrons. The smallest absolute Gasteiger partial charge is 0.493 e. The number of methoxy groups -OCH3 is 3. The number of imidazole rings is 1. The number of nitrogens with zero attached hydrogens (tertiary/aromatic N) is 1. The van der Waals surface area contributed by atoms with E-state index in [0.717, 1.165) is 0 Å². The third-order valence-electron chi connectivity index (χ3n) is 4.11. The zero-order valence-corrected chi connectivity index (χ0v) is 17.2. The number of carbonyl (C=O) groups excluding carboxylic acids is 1. The molecule has 3 N–H and O–H groups in total. The summed E-state index contributed by atoms with van der Waals surface area (Å²) in [4.78, 5) is 37.1. The van der Waals surface area contributed by atoms with E-state index in [1.54, 1.807) is 36.4 Å². The zero-order chi connectivity index (χ0) is 21.9. The summed E-state index contributed by atoms with van der Waals surface area (Å²) < 4.78 is 31.2. The summed E-state index contributed by atoms with van der Waals surface area (Å²) >= 11 is 0. The van der Waals surface area contributed by atoms with Crippen LogP contribution in [-0.4, -0.2) is 47.1 Å². The number of benzene rings is 2. The summed E-state index contributed by atoms with van der Waals surface area (Å²) in [5.41, 5.74) is 1.33. The molecule has 3 rings (SSSR count). The molecule has 0 bridgehead atoms. The van der Waals surface area contributed by atoms with Crippen LogP contribution in [0, 0.1) is 0 Å². The number of rotatable bonds is 7. The van der Waals surface area contributed by atoms with Crippen molar-refractivity contribution in [2.75, 3.05) is 21.3 Å². The standard InChI is InChI=1S/C19H19N2O8P/c1-26-14-9-7-11(17(27-2)18(14)28-3)8-10-15-20-13-6-4-5-12(16(13)21-15)19(22)29-30(23,24)25/h4-10H,1-3H3,(H,20,21)(H2,23,24,25)/b10-8+. The average molecular weight is 434 g/mol. The van der Waals surface area contributed by atoms with E-state index < -0.39 is 13.8 Å². The first-order valence-corrected chi connectivity index (χ1v) is 10.1. The predicted molar refractivity (Wildman–Crippen MR) is 109 cm³/mol. The lowest BCUT2D eigenvalue weighted by molar-refractivity contribution is 0.0680. The molecule has 1 heterocycles. The topological polar surface area (TPSA) is 140 Å². The molecule has 0 amide bonds. The number of phosphoric ester groups is 1. The Morgan fingerprint density at radius 2 is 1.77 bits per heavy atom. The number of aromatic amines is 1. The minimum atomic E-state index is -4.97. The maximum atomic E-state index is 12.0. The average Bonchev–Trinajstić information content (AvgIpc) is 3.12. The molecule has 0 aliphatic carbocycles. The molecule has 0 unspecified atom stereocenters. The van der Waals surface area contributed by atoms with Gasteiger partial charge in [-0.15, -0.1) is 0 Å². The fourth-order valence-electron chi connectivity index (χ4n) is 2.88. The molecule has 2 aromatic carbocycles. The van der Waals surface area contributed by atoms with Gasteiger partial charge in [0.15, 0.2) is 11.5 Å². The maximum absolute atomic E-state index is 12.0. The minimum absolute atomic E-state index is 0.0737. The molecule has 11 heteroatoms. The van der Waals surface area contributed by atoms with Gasteiger partial charge in [-0.1, -0.05) is 6.07 Å². The van der Waals surface area contributed by atoms with Crippen LogP contribution < -0.4 is 14.2 Å². The van der Waals surface area contributed by atoms with Gasteiger partial charge in [0, 0.05) is 5.56 Å². The van der Waals surface area contributed by atoms with E-state index in [1.165, 1.54) is 27.4 Å². The van der Waals surface area contributed by atoms with Gasteiger partial charge in [0.25, 0.3) is 0 Å². The van der Waals surface area contributed by atoms with Gasteiger partial charge in [0.2, 0.25) is 5.75 Å². The fourth-order valence-corrected chi connectivity index (χ4v) is 3.19. The highest BCUT2D eigenvalue weighted by molar-refractivity contribution is 7.46. The molecule has 0 atom stereocenters. The van der Waals surface area contributed by atoms with Crippen molar-refractivity contribution in [1.29, 1.82) is 0 Å². The number of para-hydroxylation sites is 1. The number of phosphoric acid groups is 1. The van der Waals surface area contributed by atoms with Crippen LogP contribution in [-0.2, 0) is 9.09 Å². The second kappa shape index (κ2) is 8.58. The highest BCUT2D eigenvalue weighted by Crippen LogP contribution is 2.40. The molecule has 0 saturated heterocycles. The molecule has 30 heavy (non-hydrogen) atoms. The van der Waals surface area contributed by atoms with E-state index in [4.69, 9.17) is 24.0 Å². The summed E-state index contributed by atoms with van der Waals surface area (Å²) in [7, 11) is -0.435. The third kappa shape index (κ3) is 4.46. The van der Waals surface area contributed by atoms with Crippen LogP contribution in [0.25, 0.3) is 23.2 Å². The molecule has 0 aliphatic rings. The van der Waals surface area contributed by atoms with Crippen molar-refractivity contribution in [3.63, 3.8) is 0 Å².